The fourth-order valence-electron chi connectivity index (χ4n) is 7.71. The van der Waals surface area contributed by atoms with Crippen LogP contribution in [-0.2, 0) is 0 Å². The second-order valence-electron chi connectivity index (χ2n) is 11.9. The van der Waals surface area contributed by atoms with E-state index in [0.717, 1.165) is 0 Å². The zero-order chi connectivity index (χ0) is 27.9. The molecule has 2 aliphatic heterocycles. The molecule has 0 aromatic heterocycles. The minimum Gasteiger partial charge on any atom is -0.153 e. The van der Waals surface area contributed by atoms with Crippen molar-refractivity contribution in [2.45, 2.75) is 26.9 Å². The van der Waals surface area contributed by atoms with Gasteiger partial charge in [0.25, 0.3) is 0 Å². The molecule has 0 saturated carbocycles. The highest BCUT2D eigenvalue weighted by Crippen LogP contribution is 2.52. The maximum absolute atomic E-state index is 2.57. The van der Waals surface area contributed by atoms with Gasteiger partial charge in [-0.15, -0.1) is 0 Å². The third-order valence-corrected chi connectivity index (χ3v) is 12.9. The lowest BCUT2D eigenvalue weighted by molar-refractivity contribution is 1.10. The van der Waals surface area contributed by atoms with Crippen LogP contribution in [0.4, 0.5) is 22.7 Å². The molecule has 0 unspecified atom stereocenters. The third-order valence-electron chi connectivity index (χ3n) is 9.10. The molecule has 2 aliphatic carbocycles. The summed E-state index contributed by atoms with van der Waals surface area (Å²) in [4.78, 5) is 0. The highest BCUT2D eigenvalue weighted by atomic mass is 28.3. The fourth-order valence-corrected chi connectivity index (χ4v) is 11.9. The van der Waals surface area contributed by atoms with Crippen LogP contribution in [-0.4, -0.2) is 19.5 Å². The Bertz CT molecular complexity index is 1850. The molecule has 0 bridgehead atoms. The molecule has 0 radical (unpaired) electrons. The van der Waals surface area contributed by atoms with E-state index in [-0.39, 0.29) is 0 Å². The van der Waals surface area contributed by atoms with Gasteiger partial charge in [-0.05, 0) is 47.5 Å². The third kappa shape index (κ3) is 3.30. The maximum atomic E-state index is 2.57. The first-order chi connectivity index (χ1) is 20.0. The Labute approximate surface area is 243 Å². The van der Waals surface area contributed by atoms with Gasteiger partial charge >= 0.3 is 0 Å². The summed E-state index contributed by atoms with van der Waals surface area (Å²) in [5.74, 6) is 0. The highest BCUT2D eigenvalue weighted by Gasteiger charge is 2.50. The van der Waals surface area contributed by atoms with Gasteiger partial charge < -0.3 is 0 Å². The van der Waals surface area contributed by atoms with E-state index in [2.05, 4.69) is 157 Å². The molecule has 4 aromatic rings. The number of fused-ring (bicyclic) bond motifs is 6. The summed E-state index contributed by atoms with van der Waals surface area (Å²) in [6.07, 6.45) is 4.88. The molecule has 2 heterocycles. The van der Waals surface area contributed by atoms with Gasteiger partial charge in [-0.25, -0.2) is 0 Å². The van der Waals surface area contributed by atoms with Gasteiger partial charge in [-0.2, -0.15) is 9.15 Å². The quantitative estimate of drug-likeness (QED) is 0.178. The largest absolute Gasteiger partial charge is 0.220 e. The molecular weight excluding hydrogens is 513 g/mol. The first-order valence-electron chi connectivity index (χ1n) is 14.5. The lowest BCUT2D eigenvalue weighted by Gasteiger charge is -2.30. The van der Waals surface area contributed by atoms with Crippen LogP contribution in [0.1, 0.15) is 25.0 Å². The number of para-hydroxylation sites is 4. The molecule has 0 fully saturated rings. The Kier molecular flexibility index (Phi) is 5.14. The molecule has 0 saturated heterocycles. The SMILES string of the molecule is CC1=CC2=[N+](c3ccccc3)c3ccccc3C2=C1[Si](C)(C)C1=C2C(=[N+](c3ccccc3)c3ccccc32)C=C1C. The number of allylic oxidation sites excluding steroid dienone is 8. The van der Waals surface area contributed by atoms with E-state index in [4.69, 9.17) is 0 Å². The first kappa shape index (κ1) is 24.2. The molecule has 2 nitrogen and oxygen atoms in total. The normalized spacial score (nSPS) is 17.2. The molecule has 41 heavy (non-hydrogen) atoms. The van der Waals surface area contributed by atoms with Crippen molar-refractivity contribution in [3.8, 4) is 0 Å². The van der Waals surface area contributed by atoms with Crippen molar-refractivity contribution in [3.05, 3.63) is 154 Å². The highest BCUT2D eigenvalue weighted by molar-refractivity contribution is 6.95. The second-order valence-corrected chi connectivity index (χ2v) is 16.2. The average molecular weight is 545 g/mol. The Morgan fingerprint density at radius 1 is 0.463 bits per heavy atom. The molecule has 8 rings (SSSR count). The standard InChI is InChI=1S/C38H32N2Si/c1-25-23-33-35(29-19-11-13-21-31(29)39(33)27-15-7-5-8-16-27)37(25)41(3,4)38-26(2)24-34-36(38)30-20-12-14-22-32(30)40(34)28-17-9-6-10-18-28/h5-24H,1-4H3/q+2. The monoisotopic (exact) mass is 544 g/mol. The van der Waals surface area contributed by atoms with Crippen molar-refractivity contribution < 1.29 is 0 Å². The van der Waals surface area contributed by atoms with E-state index in [9.17, 15) is 0 Å². The number of rotatable bonds is 4. The van der Waals surface area contributed by atoms with Gasteiger partial charge in [0.1, 0.15) is 8.07 Å². The topological polar surface area (TPSA) is 6.02 Å². The summed E-state index contributed by atoms with van der Waals surface area (Å²) < 4.78 is 4.92. The van der Waals surface area contributed by atoms with E-state index >= 15 is 0 Å². The van der Waals surface area contributed by atoms with E-state index in [1.165, 1.54) is 67.6 Å². The van der Waals surface area contributed by atoms with Crippen molar-refractivity contribution >= 4 is 53.4 Å². The smallest absolute Gasteiger partial charge is 0.153 e. The zero-order valence-electron chi connectivity index (χ0n) is 23.9. The number of benzene rings is 4. The molecular formula is C38H32N2Si+2. The summed E-state index contributed by atoms with van der Waals surface area (Å²) in [5.41, 5.74) is 16.0. The van der Waals surface area contributed by atoms with E-state index in [1.54, 1.807) is 10.4 Å². The molecule has 0 spiro atoms. The Morgan fingerprint density at radius 2 is 0.829 bits per heavy atom. The minimum absolute atomic E-state index is 1.22. The zero-order valence-corrected chi connectivity index (χ0v) is 24.9. The number of hydrogen-bond acceptors (Lipinski definition) is 0. The lowest BCUT2D eigenvalue weighted by Crippen LogP contribution is -2.34. The predicted octanol–water partition coefficient (Wildman–Crippen LogP) is 9.18. The van der Waals surface area contributed by atoms with Crippen LogP contribution < -0.4 is 9.15 Å². The summed E-state index contributed by atoms with van der Waals surface area (Å²) >= 11 is 0. The van der Waals surface area contributed by atoms with Crippen LogP contribution in [0.3, 0.4) is 0 Å². The summed E-state index contributed by atoms with van der Waals surface area (Å²) in [7, 11) is -2.21. The number of nitrogens with zero attached hydrogens (tertiary/aromatic N) is 2. The van der Waals surface area contributed by atoms with Crippen molar-refractivity contribution in [2.24, 2.45) is 0 Å². The summed E-state index contributed by atoms with van der Waals surface area (Å²) in [6, 6.07) is 39.5. The molecule has 0 amide bonds. The minimum atomic E-state index is -2.21. The van der Waals surface area contributed by atoms with Crippen molar-refractivity contribution in [2.75, 3.05) is 0 Å². The molecule has 196 valence electrons. The molecule has 0 atom stereocenters. The maximum Gasteiger partial charge on any atom is 0.220 e. The van der Waals surface area contributed by atoms with Crippen molar-refractivity contribution in [1.29, 1.82) is 0 Å². The molecule has 3 heteroatoms. The van der Waals surface area contributed by atoms with Crippen LogP contribution in [0.2, 0.25) is 13.1 Å². The van der Waals surface area contributed by atoms with E-state index < -0.39 is 8.07 Å². The molecule has 4 aliphatic rings. The second kappa shape index (κ2) is 8.70. The number of hydrogen-bond donors (Lipinski definition) is 0. The average Bonchev–Trinajstić information content (AvgIpc) is 3.69. The van der Waals surface area contributed by atoms with E-state index in [0.29, 0.717) is 0 Å². The van der Waals surface area contributed by atoms with Gasteiger partial charge in [-0.3, -0.25) is 0 Å². The Hall–Kier alpha value is -4.60. The Balaban J connectivity index is 1.41. The lowest BCUT2D eigenvalue weighted by atomic mass is 10.1. The summed E-state index contributed by atoms with van der Waals surface area (Å²) in [5, 5.41) is 3.12. The Morgan fingerprint density at radius 3 is 1.24 bits per heavy atom. The van der Waals surface area contributed by atoms with Gasteiger partial charge in [0.2, 0.25) is 34.2 Å². The van der Waals surface area contributed by atoms with Crippen molar-refractivity contribution in [3.63, 3.8) is 0 Å². The van der Waals surface area contributed by atoms with E-state index in [1.807, 2.05) is 0 Å². The van der Waals surface area contributed by atoms with Gasteiger partial charge in [0.05, 0.1) is 22.3 Å². The van der Waals surface area contributed by atoms with Crippen LogP contribution in [0.5, 0.6) is 0 Å². The molecule has 0 N–H and O–H groups in total. The van der Waals surface area contributed by atoms with Crippen molar-refractivity contribution in [1.82, 2.24) is 9.15 Å². The van der Waals surface area contributed by atoms with Gasteiger partial charge in [0, 0.05) is 48.6 Å². The van der Waals surface area contributed by atoms with Crippen LogP contribution in [0.15, 0.2) is 143 Å². The van der Waals surface area contributed by atoms with Crippen LogP contribution in [0, 0.1) is 0 Å². The van der Waals surface area contributed by atoms with Gasteiger partial charge in [0.15, 0.2) is 0 Å². The summed E-state index contributed by atoms with van der Waals surface area (Å²) in [6.45, 7) is 9.80. The van der Waals surface area contributed by atoms with Crippen LogP contribution >= 0.6 is 0 Å². The predicted molar refractivity (Wildman–Crippen MR) is 178 cm³/mol. The van der Waals surface area contributed by atoms with Gasteiger partial charge in [-0.1, -0.05) is 73.8 Å². The fraction of sp³-hybridized carbons (Fsp3) is 0.105. The van der Waals surface area contributed by atoms with Crippen LogP contribution in [0.25, 0.3) is 11.1 Å². The molecule has 4 aromatic carbocycles. The first-order valence-corrected chi connectivity index (χ1v) is 17.5.